The summed E-state index contributed by atoms with van der Waals surface area (Å²) in [7, 11) is -2.12. The molecule has 1 atom stereocenters. The molecule has 2 rings (SSSR count). The van der Waals surface area contributed by atoms with Gasteiger partial charge in [0.1, 0.15) is 6.04 Å². The first-order valence-electron chi connectivity index (χ1n) is 11.4. The molecule has 0 unspecified atom stereocenters. The van der Waals surface area contributed by atoms with E-state index in [0.717, 1.165) is 5.56 Å². The van der Waals surface area contributed by atoms with E-state index < -0.39 is 16.1 Å². The summed E-state index contributed by atoms with van der Waals surface area (Å²) in [4.78, 5) is 27.6. The molecule has 0 aromatic heterocycles. The zero-order valence-corrected chi connectivity index (χ0v) is 21.8. The number of benzene rings is 2. The molecule has 0 aliphatic heterocycles. The highest BCUT2D eigenvalue weighted by molar-refractivity contribution is 7.89. The number of carbonyl (C=O) groups is 2. The maximum absolute atomic E-state index is 13.2. The lowest BCUT2D eigenvalue weighted by atomic mass is 10.1. The van der Waals surface area contributed by atoms with Crippen molar-refractivity contribution in [2.24, 2.45) is 5.92 Å². The second-order valence-electron chi connectivity index (χ2n) is 8.71. The second kappa shape index (κ2) is 12.9. The number of nitrogens with one attached hydrogen (secondary N) is 1. The van der Waals surface area contributed by atoms with Crippen LogP contribution in [0.1, 0.15) is 39.2 Å². The van der Waals surface area contributed by atoms with Crippen LogP contribution in [0.15, 0.2) is 59.5 Å². The number of carbonyl (C=O) groups excluding carboxylic acids is 2. The number of amides is 2. The average Bonchev–Trinajstić information content (AvgIpc) is 2.82. The van der Waals surface area contributed by atoms with Crippen molar-refractivity contribution in [2.75, 3.05) is 20.1 Å². The Balaban J connectivity index is 2.06. The predicted octanol–water partition coefficient (Wildman–Crippen LogP) is 3.93. The Morgan fingerprint density at radius 1 is 1.00 bits per heavy atom. The van der Waals surface area contributed by atoms with Crippen LogP contribution in [0.5, 0.6) is 0 Å². The van der Waals surface area contributed by atoms with Gasteiger partial charge in [-0.05, 0) is 49.1 Å². The van der Waals surface area contributed by atoms with Gasteiger partial charge in [-0.3, -0.25) is 9.59 Å². The molecule has 2 amide bonds. The Kier molecular flexibility index (Phi) is 10.5. The summed E-state index contributed by atoms with van der Waals surface area (Å²) in [5.74, 6) is -0.147. The third kappa shape index (κ3) is 8.11. The van der Waals surface area contributed by atoms with Gasteiger partial charge in [-0.2, -0.15) is 0 Å². The topological polar surface area (TPSA) is 86.8 Å². The van der Waals surface area contributed by atoms with E-state index in [1.165, 1.54) is 16.3 Å². The Morgan fingerprint density at radius 2 is 1.62 bits per heavy atom. The second-order valence-corrected chi connectivity index (χ2v) is 11.2. The summed E-state index contributed by atoms with van der Waals surface area (Å²) in [6, 6.07) is 14.6. The van der Waals surface area contributed by atoms with Gasteiger partial charge >= 0.3 is 0 Å². The lowest BCUT2D eigenvalue weighted by molar-refractivity contribution is -0.140. The van der Waals surface area contributed by atoms with E-state index in [4.69, 9.17) is 11.6 Å². The molecule has 7 nitrogen and oxygen atoms in total. The first-order chi connectivity index (χ1) is 16.0. The van der Waals surface area contributed by atoms with E-state index >= 15 is 0 Å². The molecule has 0 heterocycles. The lowest BCUT2D eigenvalue weighted by Gasteiger charge is -2.29. The summed E-state index contributed by atoms with van der Waals surface area (Å²) < 4.78 is 26.7. The van der Waals surface area contributed by atoms with Crippen LogP contribution in [-0.4, -0.2) is 55.6 Å². The van der Waals surface area contributed by atoms with Crippen LogP contribution in [0.25, 0.3) is 0 Å². The van der Waals surface area contributed by atoms with Crippen LogP contribution >= 0.6 is 11.6 Å². The number of hydrogen-bond donors (Lipinski definition) is 1. The monoisotopic (exact) mass is 507 g/mol. The van der Waals surface area contributed by atoms with Crippen LogP contribution in [0.2, 0.25) is 5.02 Å². The fraction of sp³-hybridized carbons (Fsp3) is 0.440. The Morgan fingerprint density at radius 3 is 2.21 bits per heavy atom. The Bertz CT molecular complexity index is 1040. The molecule has 2 aromatic rings. The Hall–Kier alpha value is -2.42. The Labute approximate surface area is 208 Å². The highest BCUT2D eigenvalue weighted by Gasteiger charge is 2.27. The summed E-state index contributed by atoms with van der Waals surface area (Å²) in [6.07, 6.45) is 0.447. The molecule has 0 saturated carbocycles. The van der Waals surface area contributed by atoms with Gasteiger partial charge in [0.05, 0.1) is 4.90 Å². The normalized spacial score (nSPS) is 12.6. The van der Waals surface area contributed by atoms with E-state index in [1.807, 2.05) is 26.0 Å². The molecule has 9 heteroatoms. The van der Waals surface area contributed by atoms with Gasteiger partial charge in [-0.1, -0.05) is 55.8 Å². The third-order valence-corrected chi connectivity index (χ3v) is 7.56. The number of halogens is 1. The maximum atomic E-state index is 13.2. The van der Waals surface area contributed by atoms with Gasteiger partial charge in [-0.15, -0.1) is 0 Å². The molecule has 0 fully saturated rings. The van der Waals surface area contributed by atoms with Crippen molar-refractivity contribution in [3.8, 4) is 0 Å². The summed E-state index contributed by atoms with van der Waals surface area (Å²) >= 11 is 5.98. The van der Waals surface area contributed by atoms with Gasteiger partial charge in [0, 0.05) is 38.1 Å². The number of sulfonamides is 1. The molecular weight excluding hydrogens is 474 g/mol. The van der Waals surface area contributed by atoms with Crippen molar-refractivity contribution < 1.29 is 18.0 Å². The highest BCUT2D eigenvalue weighted by atomic mass is 35.5. The first kappa shape index (κ1) is 27.8. The minimum atomic E-state index is -3.62. The van der Waals surface area contributed by atoms with E-state index in [-0.39, 0.29) is 36.2 Å². The van der Waals surface area contributed by atoms with Gasteiger partial charge in [0.2, 0.25) is 21.8 Å². The van der Waals surface area contributed by atoms with Crippen LogP contribution in [0, 0.1) is 5.92 Å². The fourth-order valence-corrected chi connectivity index (χ4v) is 4.67. The van der Waals surface area contributed by atoms with E-state index in [2.05, 4.69) is 5.32 Å². The quantitative estimate of drug-likeness (QED) is 0.471. The molecule has 186 valence electrons. The van der Waals surface area contributed by atoms with Crippen molar-refractivity contribution in [1.29, 1.82) is 0 Å². The average molecular weight is 508 g/mol. The van der Waals surface area contributed by atoms with Crippen molar-refractivity contribution in [3.05, 3.63) is 65.2 Å². The molecule has 0 radical (unpaired) electrons. The molecule has 0 spiro atoms. The van der Waals surface area contributed by atoms with E-state index in [0.29, 0.717) is 23.9 Å². The summed E-state index contributed by atoms with van der Waals surface area (Å²) in [5, 5.41) is 3.47. The van der Waals surface area contributed by atoms with Crippen LogP contribution in [0.3, 0.4) is 0 Å². The van der Waals surface area contributed by atoms with Crippen molar-refractivity contribution in [1.82, 2.24) is 14.5 Å². The largest absolute Gasteiger partial charge is 0.354 e. The van der Waals surface area contributed by atoms with Crippen LogP contribution < -0.4 is 5.32 Å². The SMILES string of the molecule is CC(C)CNC(=O)[C@H](C)N(Cc1ccc(Cl)cc1)C(=O)CCCN(C)S(=O)(=O)c1ccccc1. The molecule has 0 saturated heterocycles. The molecule has 2 aromatic carbocycles. The van der Waals surface area contributed by atoms with Crippen molar-refractivity contribution in [2.45, 2.75) is 51.1 Å². The predicted molar refractivity (Wildman–Crippen MR) is 135 cm³/mol. The van der Waals surface area contributed by atoms with Gasteiger partial charge < -0.3 is 10.2 Å². The van der Waals surface area contributed by atoms with E-state index in [9.17, 15) is 18.0 Å². The third-order valence-electron chi connectivity index (χ3n) is 5.43. The van der Waals surface area contributed by atoms with Gasteiger partial charge in [-0.25, -0.2) is 12.7 Å². The van der Waals surface area contributed by atoms with Gasteiger partial charge in [0.25, 0.3) is 0 Å². The zero-order valence-electron chi connectivity index (χ0n) is 20.2. The van der Waals surface area contributed by atoms with Crippen LogP contribution in [0.4, 0.5) is 0 Å². The molecule has 0 aliphatic rings. The maximum Gasteiger partial charge on any atom is 0.242 e. The minimum absolute atomic E-state index is 0.115. The summed E-state index contributed by atoms with van der Waals surface area (Å²) in [5.41, 5.74) is 0.852. The smallest absolute Gasteiger partial charge is 0.242 e. The standard InChI is InChI=1S/C25H34ClN3O4S/c1-19(2)17-27-25(31)20(3)29(18-21-12-14-22(26)15-13-21)24(30)11-8-16-28(4)34(32,33)23-9-6-5-7-10-23/h5-7,9-10,12-15,19-20H,8,11,16-18H2,1-4H3,(H,27,31)/t20-/m0/s1. The van der Waals surface area contributed by atoms with Crippen molar-refractivity contribution >= 4 is 33.4 Å². The first-order valence-corrected chi connectivity index (χ1v) is 13.2. The van der Waals surface area contributed by atoms with E-state index in [1.54, 1.807) is 49.4 Å². The number of hydrogen-bond acceptors (Lipinski definition) is 4. The highest BCUT2D eigenvalue weighted by Crippen LogP contribution is 2.17. The molecular formula is C25H34ClN3O4S. The zero-order chi connectivity index (χ0) is 25.3. The van der Waals surface area contributed by atoms with Crippen LogP contribution in [-0.2, 0) is 26.2 Å². The lowest BCUT2D eigenvalue weighted by Crippen LogP contribution is -2.48. The molecule has 34 heavy (non-hydrogen) atoms. The fourth-order valence-electron chi connectivity index (χ4n) is 3.31. The van der Waals surface area contributed by atoms with Crippen molar-refractivity contribution in [3.63, 3.8) is 0 Å². The minimum Gasteiger partial charge on any atom is -0.354 e. The molecule has 0 bridgehead atoms. The molecule has 1 N–H and O–H groups in total. The summed E-state index contributed by atoms with van der Waals surface area (Å²) in [6.45, 7) is 6.67. The van der Waals surface area contributed by atoms with Gasteiger partial charge in [0.15, 0.2) is 0 Å². The number of rotatable bonds is 12. The molecule has 0 aliphatic carbocycles. The number of nitrogens with zero attached hydrogens (tertiary/aromatic N) is 2.